The van der Waals surface area contributed by atoms with Crippen molar-refractivity contribution in [1.82, 2.24) is 0 Å². The third kappa shape index (κ3) is 7.18. The third-order valence-corrected chi connectivity index (χ3v) is 3.72. The van der Waals surface area contributed by atoms with Crippen LogP contribution in [0.25, 0.3) is 11.6 Å². The molecule has 2 rings (SSSR count). The number of carboxylic acid groups (broad SMARTS) is 1. The summed E-state index contributed by atoms with van der Waals surface area (Å²) in [5.74, 6) is 0.960. The van der Waals surface area contributed by atoms with Gasteiger partial charge in [0.25, 0.3) is 0 Å². The lowest BCUT2D eigenvalue weighted by Crippen LogP contribution is -2.08. The molecular formula is C24H30O5. The highest BCUT2D eigenvalue weighted by Crippen LogP contribution is 2.28. The van der Waals surface area contributed by atoms with Crippen molar-refractivity contribution in [1.29, 1.82) is 0 Å². The maximum atomic E-state index is 11.9. The van der Waals surface area contributed by atoms with Crippen molar-refractivity contribution in [2.24, 2.45) is 0 Å². The molecule has 0 atom stereocenters. The molecule has 5 nitrogen and oxygen atoms in total. The van der Waals surface area contributed by atoms with Gasteiger partial charge in [0.2, 0.25) is 0 Å². The molecule has 5 heteroatoms. The Morgan fingerprint density at radius 2 is 1.21 bits per heavy atom. The number of rotatable bonds is 9. The van der Waals surface area contributed by atoms with Crippen LogP contribution in [0.15, 0.2) is 42.5 Å². The van der Waals surface area contributed by atoms with Crippen LogP contribution in [0.2, 0.25) is 0 Å². The van der Waals surface area contributed by atoms with Crippen LogP contribution in [-0.4, -0.2) is 29.4 Å². The Hall–Kier alpha value is -2.95. The Morgan fingerprint density at radius 1 is 0.759 bits per heavy atom. The standard InChI is InChI=1S/C24H30O5/c1-15(2)27-20-9-7-19(8-10-20)23(24(25)26)13-18-11-21(28-16(3)4)14-22(12-18)29-17(5)6/h7-17H,1-6H3,(H,25,26)/b23-13+. The van der Waals surface area contributed by atoms with Gasteiger partial charge in [-0.3, -0.25) is 0 Å². The molecule has 29 heavy (non-hydrogen) atoms. The fraction of sp³-hybridized carbons (Fsp3) is 0.375. The lowest BCUT2D eigenvalue weighted by molar-refractivity contribution is -0.130. The first-order valence-corrected chi connectivity index (χ1v) is 9.84. The predicted octanol–water partition coefficient (Wildman–Crippen LogP) is 5.67. The summed E-state index contributed by atoms with van der Waals surface area (Å²) in [5, 5.41) is 9.77. The van der Waals surface area contributed by atoms with Gasteiger partial charge in [-0.05, 0) is 83.0 Å². The predicted molar refractivity (Wildman–Crippen MR) is 116 cm³/mol. The van der Waals surface area contributed by atoms with E-state index in [0.29, 0.717) is 28.4 Å². The molecule has 0 amide bonds. The molecule has 0 saturated heterocycles. The summed E-state index contributed by atoms with van der Waals surface area (Å²) in [6.07, 6.45) is 1.67. The minimum Gasteiger partial charge on any atom is -0.491 e. The molecule has 0 spiro atoms. The number of carbonyl (C=O) groups is 1. The van der Waals surface area contributed by atoms with Gasteiger partial charge in [-0.25, -0.2) is 4.79 Å². The first-order chi connectivity index (χ1) is 13.6. The summed E-state index contributed by atoms with van der Waals surface area (Å²) < 4.78 is 17.2. The minimum atomic E-state index is -1.01. The van der Waals surface area contributed by atoms with E-state index in [1.54, 1.807) is 30.3 Å². The van der Waals surface area contributed by atoms with Crippen LogP contribution in [0.1, 0.15) is 52.7 Å². The molecule has 156 valence electrons. The fourth-order valence-electron chi connectivity index (χ4n) is 2.78. The van der Waals surface area contributed by atoms with E-state index in [4.69, 9.17) is 14.2 Å². The zero-order chi connectivity index (χ0) is 21.6. The Balaban J connectivity index is 2.44. The molecule has 1 N–H and O–H groups in total. The van der Waals surface area contributed by atoms with Gasteiger partial charge in [-0.15, -0.1) is 0 Å². The van der Waals surface area contributed by atoms with E-state index in [0.717, 1.165) is 0 Å². The van der Waals surface area contributed by atoms with Crippen LogP contribution in [-0.2, 0) is 4.79 Å². The summed E-state index contributed by atoms with van der Waals surface area (Å²) in [7, 11) is 0. The van der Waals surface area contributed by atoms with E-state index < -0.39 is 5.97 Å². The topological polar surface area (TPSA) is 65.0 Å². The van der Waals surface area contributed by atoms with Crippen LogP contribution in [0.3, 0.4) is 0 Å². The van der Waals surface area contributed by atoms with Crippen LogP contribution >= 0.6 is 0 Å². The fourth-order valence-corrected chi connectivity index (χ4v) is 2.78. The van der Waals surface area contributed by atoms with Crippen molar-refractivity contribution in [2.45, 2.75) is 59.9 Å². The number of ether oxygens (including phenoxy) is 3. The van der Waals surface area contributed by atoms with Crippen molar-refractivity contribution in [3.63, 3.8) is 0 Å². The van der Waals surface area contributed by atoms with Gasteiger partial charge in [0, 0.05) is 6.07 Å². The molecule has 0 fully saturated rings. The summed E-state index contributed by atoms with van der Waals surface area (Å²) in [6.45, 7) is 11.6. The van der Waals surface area contributed by atoms with E-state index in [2.05, 4.69) is 0 Å². The van der Waals surface area contributed by atoms with Crippen LogP contribution in [0.5, 0.6) is 17.2 Å². The van der Waals surface area contributed by atoms with Crippen LogP contribution < -0.4 is 14.2 Å². The van der Waals surface area contributed by atoms with Gasteiger partial charge < -0.3 is 19.3 Å². The lowest BCUT2D eigenvalue weighted by atomic mass is 10.0. The molecule has 0 heterocycles. The van der Waals surface area contributed by atoms with Gasteiger partial charge in [0.15, 0.2) is 0 Å². The van der Waals surface area contributed by atoms with Gasteiger partial charge >= 0.3 is 5.97 Å². The molecule has 0 aliphatic carbocycles. The molecule has 0 aliphatic heterocycles. The van der Waals surface area contributed by atoms with Crippen molar-refractivity contribution < 1.29 is 24.1 Å². The maximum absolute atomic E-state index is 11.9. The third-order valence-electron chi connectivity index (χ3n) is 3.72. The normalized spacial score (nSPS) is 11.8. The summed E-state index contributed by atoms with van der Waals surface area (Å²) in [4.78, 5) is 11.9. The largest absolute Gasteiger partial charge is 0.491 e. The molecule has 0 bridgehead atoms. The first-order valence-electron chi connectivity index (χ1n) is 9.84. The van der Waals surface area contributed by atoms with Crippen molar-refractivity contribution >= 4 is 17.6 Å². The number of carboxylic acids is 1. The van der Waals surface area contributed by atoms with Crippen molar-refractivity contribution in [3.05, 3.63) is 53.6 Å². The Kier molecular flexibility index (Phi) is 7.71. The monoisotopic (exact) mass is 398 g/mol. The molecule has 0 radical (unpaired) electrons. The Morgan fingerprint density at radius 3 is 1.62 bits per heavy atom. The van der Waals surface area contributed by atoms with Crippen LogP contribution in [0.4, 0.5) is 0 Å². The highest BCUT2D eigenvalue weighted by atomic mass is 16.5. The van der Waals surface area contributed by atoms with Gasteiger partial charge in [0.05, 0.1) is 23.9 Å². The highest BCUT2D eigenvalue weighted by Gasteiger charge is 2.13. The minimum absolute atomic E-state index is 0.00595. The maximum Gasteiger partial charge on any atom is 0.336 e. The molecule has 0 aromatic heterocycles. The smallest absolute Gasteiger partial charge is 0.336 e. The first kappa shape index (κ1) is 22.3. The quantitative estimate of drug-likeness (QED) is 0.435. The zero-order valence-electron chi connectivity index (χ0n) is 17.9. The van der Waals surface area contributed by atoms with Crippen LogP contribution in [0, 0.1) is 0 Å². The Bertz CT molecular complexity index is 820. The van der Waals surface area contributed by atoms with E-state index in [-0.39, 0.29) is 23.9 Å². The summed E-state index contributed by atoms with van der Waals surface area (Å²) in [6, 6.07) is 12.5. The lowest BCUT2D eigenvalue weighted by Gasteiger charge is -2.15. The number of hydrogen-bond donors (Lipinski definition) is 1. The van der Waals surface area contributed by atoms with E-state index in [1.807, 2.05) is 59.7 Å². The molecular weight excluding hydrogens is 368 g/mol. The van der Waals surface area contributed by atoms with Gasteiger partial charge in [-0.1, -0.05) is 12.1 Å². The van der Waals surface area contributed by atoms with Gasteiger partial charge in [-0.2, -0.15) is 0 Å². The molecule has 2 aromatic carbocycles. The average Bonchev–Trinajstić information content (AvgIpc) is 2.58. The molecule has 0 unspecified atom stereocenters. The van der Waals surface area contributed by atoms with E-state index in [9.17, 15) is 9.90 Å². The van der Waals surface area contributed by atoms with Crippen molar-refractivity contribution in [3.8, 4) is 17.2 Å². The molecule has 0 aliphatic rings. The highest BCUT2D eigenvalue weighted by molar-refractivity contribution is 6.20. The van der Waals surface area contributed by atoms with Crippen molar-refractivity contribution in [2.75, 3.05) is 0 Å². The number of benzene rings is 2. The second kappa shape index (κ2) is 10.0. The average molecular weight is 398 g/mol. The Labute approximate surface area is 172 Å². The summed E-state index contributed by atoms with van der Waals surface area (Å²) in [5.41, 5.74) is 1.46. The van der Waals surface area contributed by atoms with E-state index >= 15 is 0 Å². The SMILES string of the molecule is CC(C)Oc1ccc(/C(=C\c2cc(OC(C)C)cc(OC(C)C)c2)C(=O)O)cc1. The van der Waals surface area contributed by atoms with Gasteiger partial charge in [0.1, 0.15) is 17.2 Å². The molecule has 0 saturated carbocycles. The number of aliphatic carboxylic acids is 1. The summed E-state index contributed by atoms with van der Waals surface area (Å²) >= 11 is 0. The number of hydrogen-bond acceptors (Lipinski definition) is 4. The zero-order valence-corrected chi connectivity index (χ0v) is 17.9. The molecule has 2 aromatic rings. The second-order valence-electron chi connectivity index (χ2n) is 7.63. The second-order valence-corrected chi connectivity index (χ2v) is 7.63. The van der Waals surface area contributed by atoms with E-state index in [1.165, 1.54) is 0 Å².